The number of rotatable bonds is 2. The summed E-state index contributed by atoms with van der Waals surface area (Å²) in [7, 11) is 0. The van der Waals surface area contributed by atoms with Gasteiger partial charge in [-0.3, -0.25) is 0 Å². The summed E-state index contributed by atoms with van der Waals surface area (Å²) in [6.45, 7) is 4.74. The van der Waals surface area contributed by atoms with Crippen LogP contribution in [0.4, 0.5) is 0 Å². The largest absolute Gasteiger partial charge is 0.377 e. The second-order valence-corrected chi connectivity index (χ2v) is 5.02. The van der Waals surface area contributed by atoms with E-state index in [1.54, 1.807) is 17.8 Å². The molecular weight excluding hydrogens is 222 g/mol. The second-order valence-electron chi connectivity index (χ2n) is 3.81. The van der Waals surface area contributed by atoms with Crippen LogP contribution < -0.4 is 0 Å². The van der Waals surface area contributed by atoms with Gasteiger partial charge in [0.25, 0.3) is 0 Å². The number of hydrogen-bond donors (Lipinski definition) is 0. The summed E-state index contributed by atoms with van der Waals surface area (Å²) >= 11 is 1.60. The van der Waals surface area contributed by atoms with E-state index in [0.717, 1.165) is 18.7 Å². The topological polar surface area (TPSA) is 58.8 Å². The summed E-state index contributed by atoms with van der Waals surface area (Å²) in [5, 5.41) is 9.90. The first-order chi connectivity index (χ1) is 7.69. The summed E-state index contributed by atoms with van der Waals surface area (Å²) < 4.78 is 5.48. The Kier molecular flexibility index (Phi) is 3.42. The van der Waals surface area contributed by atoms with Crippen molar-refractivity contribution in [1.82, 2.24) is 9.97 Å². The highest BCUT2D eigenvalue weighted by Crippen LogP contribution is 2.30. The van der Waals surface area contributed by atoms with Gasteiger partial charge < -0.3 is 4.74 Å². The van der Waals surface area contributed by atoms with Gasteiger partial charge in [-0.15, -0.1) is 0 Å². The Balaban J connectivity index is 2.15. The molecule has 84 valence electrons. The second kappa shape index (κ2) is 4.81. The summed E-state index contributed by atoms with van der Waals surface area (Å²) in [5.74, 6) is 0. The minimum atomic E-state index is 0.236. The average Bonchev–Trinajstić information content (AvgIpc) is 2.63. The number of thioether (sulfide) groups is 1. The van der Waals surface area contributed by atoms with Gasteiger partial charge in [0.05, 0.1) is 6.10 Å². The molecule has 16 heavy (non-hydrogen) atoms. The average molecular weight is 235 g/mol. The van der Waals surface area contributed by atoms with E-state index in [2.05, 4.69) is 16.9 Å². The van der Waals surface area contributed by atoms with Crippen LogP contribution in [0.2, 0.25) is 0 Å². The number of ether oxygens (including phenoxy) is 1. The number of hydrogen-bond acceptors (Lipinski definition) is 5. The maximum absolute atomic E-state index is 8.83. The van der Waals surface area contributed by atoms with Crippen LogP contribution in [0.25, 0.3) is 0 Å². The van der Waals surface area contributed by atoms with Crippen LogP contribution in [0, 0.1) is 18.3 Å². The Morgan fingerprint density at radius 3 is 3.00 bits per heavy atom. The van der Waals surface area contributed by atoms with Gasteiger partial charge in [0.1, 0.15) is 11.8 Å². The molecule has 0 spiro atoms. The fourth-order valence-electron chi connectivity index (χ4n) is 1.65. The van der Waals surface area contributed by atoms with Gasteiger partial charge in [-0.1, -0.05) is 11.8 Å². The van der Waals surface area contributed by atoms with Crippen LogP contribution >= 0.6 is 11.8 Å². The predicted octanol–water partition coefficient (Wildman–Crippen LogP) is 1.93. The molecule has 0 radical (unpaired) electrons. The van der Waals surface area contributed by atoms with Crippen molar-refractivity contribution in [2.24, 2.45) is 0 Å². The van der Waals surface area contributed by atoms with Crippen molar-refractivity contribution >= 4 is 11.8 Å². The van der Waals surface area contributed by atoms with Gasteiger partial charge in [0.15, 0.2) is 5.16 Å². The van der Waals surface area contributed by atoms with Crippen LogP contribution in [-0.4, -0.2) is 27.9 Å². The predicted molar refractivity (Wildman–Crippen MR) is 61.2 cm³/mol. The zero-order valence-electron chi connectivity index (χ0n) is 9.30. The molecule has 0 amide bonds. The van der Waals surface area contributed by atoms with Crippen molar-refractivity contribution in [3.63, 3.8) is 0 Å². The fourth-order valence-corrected chi connectivity index (χ4v) is 2.76. The first-order valence-electron chi connectivity index (χ1n) is 5.23. The molecule has 1 aromatic rings. The molecule has 1 aliphatic rings. The molecule has 4 nitrogen and oxygen atoms in total. The maximum atomic E-state index is 8.83. The number of aromatic nitrogens is 2. The molecule has 2 heterocycles. The minimum absolute atomic E-state index is 0.236. The van der Waals surface area contributed by atoms with Crippen molar-refractivity contribution in [3.8, 4) is 6.07 Å². The van der Waals surface area contributed by atoms with E-state index in [1.165, 1.54) is 0 Å². The lowest BCUT2D eigenvalue weighted by Crippen LogP contribution is -2.14. The standard InChI is InChI=1S/C11H13N3OS/c1-7-5-9(6-12)14-11(13-7)16-10-3-4-15-8(10)2/h5,8,10H,3-4H2,1-2H3. The zero-order valence-corrected chi connectivity index (χ0v) is 10.1. The Bertz CT molecular complexity index is 430. The Labute approximate surface area is 99.0 Å². The van der Waals surface area contributed by atoms with Crippen molar-refractivity contribution in [2.75, 3.05) is 6.61 Å². The van der Waals surface area contributed by atoms with Crippen molar-refractivity contribution < 1.29 is 4.74 Å². The van der Waals surface area contributed by atoms with Gasteiger partial charge >= 0.3 is 0 Å². The van der Waals surface area contributed by atoms with Crippen LogP contribution in [0.15, 0.2) is 11.2 Å². The molecule has 5 heteroatoms. The van der Waals surface area contributed by atoms with E-state index in [-0.39, 0.29) is 6.10 Å². The Morgan fingerprint density at radius 1 is 1.56 bits per heavy atom. The minimum Gasteiger partial charge on any atom is -0.377 e. The van der Waals surface area contributed by atoms with E-state index in [9.17, 15) is 0 Å². The smallest absolute Gasteiger partial charge is 0.189 e. The van der Waals surface area contributed by atoms with Gasteiger partial charge in [-0.2, -0.15) is 5.26 Å². The molecule has 2 atom stereocenters. The monoisotopic (exact) mass is 235 g/mol. The molecule has 2 rings (SSSR count). The number of nitriles is 1. The lowest BCUT2D eigenvalue weighted by Gasteiger charge is -2.12. The van der Waals surface area contributed by atoms with E-state index in [4.69, 9.17) is 10.00 Å². The van der Waals surface area contributed by atoms with Crippen LogP contribution in [0.5, 0.6) is 0 Å². The molecular formula is C11H13N3OS. The van der Waals surface area contributed by atoms with E-state index in [0.29, 0.717) is 16.1 Å². The Hall–Kier alpha value is -1.12. The quantitative estimate of drug-likeness (QED) is 0.733. The molecule has 2 unspecified atom stereocenters. The summed E-state index contributed by atoms with van der Waals surface area (Å²) in [5.41, 5.74) is 1.27. The van der Waals surface area contributed by atoms with Crippen molar-refractivity contribution in [2.45, 2.75) is 36.8 Å². The summed E-state index contributed by atoms with van der Waals surface area (Å²) in [6, 6.07) is 3.74. The van der Waals surface area contributed by atoms with E-state index >= 15 is 0 Å². The maximum Gasteiger partial charge on any atom is 0.189 e. The van der Waals surface area contributed by atoms with Gasteiger partial charge in [-0.25, -0.2) is 9.97 Å². The van der Waals surface area contributed by atoms with E-state index in [1.807, 2.05) is 13.0 Å². The highest BCUT2D eigenvalue weighted by atomic mass is 32.2. The van der Waals surface area contributed by atoms with Crippen molar-refractivity contribution in [3.05, 3.63) is 17.5 Å². The molecule has 0 saturated carbocycles. The first kappa shape index (κ1) is 11.4. The number of aryl methyl sites for hydroxylation is 1. The van der Waals surface area contributed by atoms with Gasteiger partial charge in [0, 0.05) is 17.6 Å². The number of nitrogens with zero attached hydrogens (tertiary/aromatic N) is 3. The fraction of sp³-hybridized carbons (Fsp3) is 0.545. The van der Waals surface area contributed by atoms with Gasteiger partial charge in [0.2, 0.25) is 0 Å². The van der Waals surface area contributed by atoms with E-state index < -0.39 is 0 Å². The Morgan fingerprint density at radius 2 is 2.38 bits per heavy atom. The van der Waals surface area contributed by atoms with Crippen molar-refractivity contribution in [1.29, 1.82) is 5.26 Å². The third-order valence-corrected chi connectivity index (χ3v) is 3.83. The molecule has 0 bridgehead atoms. The van der Waals surface area contributed by atoms with Crippen LogP contribution in [0.1, 0.15) is 24.7 Å². The third-order valence-electron chi connectivity index (χ3n) is 2.51. The SMILES string of the molecule is Cc1cc(C#N)nc(SC2CCOC2C)n1. The lowest BCUT2D eigenvalue weighted by atomic mass is 10.3. The zero-order chi connectivity index (χ0) is 11.5. The van der Waals surface area contributed by atoms with Crippen LogP contribution in [-0.2, 0) is 4.74 Å². The first-order valence-corrected chi connectivity index (χ1v) is 6.11. The van der Waals surface area contributed by atoms with Crippen LogP contribution in [0.3, 0.4) is 0 Å². The lowest BCUT2D eigenvalue weighted by molar-refractivity contribution is 0.127. The normalized spacial score (nSPS) is 24.3. The molecule has 0 aliphatic carbocycles. The molecule has 1 saturated heterocycles. The molecule has 1 aliphatic heterocycles. The van der Waals surface area contributed by atoms with Gasteiger partial charge in [-0.05, 0) is 26.3 Å². The molecule has 1 aromatic heterocycles. The molecule has 0 N–H and O–H groups in total. The summed E-state index contributed by atoms with van der Waals surface area (Å²) in [6.07, 6.45) is 1.25. The summed E-state index contributed by atoms with van der Waals surface area (Å²) in [4.78, 5) is 8.51. The third kappa shape index (κ3) is 2.52. The highest BCUT2D eigenvalue weighted by Gasteiger charge is 2.26. The molecule has 0 aromatic carbocycles. The highest BCUT2D eigenvalue weighted by molar-refractivity contribution is 7.99. The molecule has 1 fully saturated rings.